The third-order valence-corrected chi connectivity index (χ3v) is 3.86. The first-order valence-corrected chi connectivity index (χ1v) is 6.78. The maximum absolute atomic E-state index is 11.7. The predicted octanol–water partition coefficient (Wildman–Crippen LogP) is 1.21. The molecular formula is C15H18N2O4. The van der Waals surface area contributed by atoms with E-state index in [0.29, 0.717) is 17.2 Å². The number of hydrogen-bond donors (Lipinski definition) is 1. The molecule has 1 aromatic rings. The third kappa shape index (κ3) is 2.21. The van der Waals surface area contributed by atoms with Gasteiger partial charge in [0.25, 0.3) is 0 Å². The number of benzene rings is 1. The van der Waals surface area contributed by atoms with Gasteiger partial charge in [0.05, 0.1) is 7.11 Å². The molecule has 1 N–H and O–H groups in total. The summed E-state index contributed by atoms with van der Waals surface area (Å²) >= 11 is 0. The lowest BCUT2D eigenvalue weighted by Crippen LogP contribution is -2.43. The van der Waals surface area contributed by atoms with Crippen LogP contribution in [0.25, 0.3) is 0 Å². The average molecular weight is 290 g/mol. The van der Waals surface area contributed by atoms with Crippen molar-refractivity contribution in [2.24, 2.45) is 0 Å². The van der Waals surface area contributed by atoms with E-state index < -0.39 is 0 Å². The molecule has 112 valence electrons. The van der Waals surface area contributed by atoms with Crippen LogP contribution in [0.5, 0.6) is 17.2 Å². The van der Waals surface area contributed by atoms with Crippen LogP contribution in [0, 0.1) is 0 Å². The summed E-state index contributed by atoms with van der Waals surface area (Å²) in [4.78, 5) is 13.8. The van der Waals surface area contributed by atoms with E-state index in [-0.39, 0.29) is 18.9 Å². The fraction of sp³-hybridized carbons (Fsp3) is 0.400. The second kappa shape index (κ2) is 5.29. The van der Waals surface area contributed by atoms with Crippen LogP contribution in [0.15, 0.2) is 18.7 Å². The molecule has 0 radical (unpaired) electrons. The number of carbonyl (C=O) groups excluding carboxylic acids is 1. The molecule has 0 spiro atoms. The van der Waals surface area contributed by atoms with Gasteiger partial charge in [-0.3, -0.25) is 9.69 Å². The van der Waals surface area contributed by atoms with Gasteiger partial charge in [-0.25, -0.2) is 0 Å². The Labute approximate surface area is 123 Å². The van der Waals surface area contributed by atoms with Crippen LogP contribution in [-0.2, 0) is 11.2 Å². The second-order valence-corrected chi connectivity index (χ2v) is 5.06. The van der Waals surface area contributed by atoms with Crippen LogP contribution in [0.4, 0.5) is 0 Å². The zero-order valence-electron chi connectivity index (χ0n) is 12.1. The van der Waals surface area contributed by atoms with Gasteiger partial charge in [-0.1, -0.05) is 6.58 Å². The van der Waals surface area contributed by atoms with Crippen LogP contribution in [-0.4, -0.2) is 38.3 Å². The quantitative estimate of drug-likeness (QED) is 0.848. The van der Waals surface area contributed by atoms with Crippen LogP contribution < -0.4 is 19.5 Å². The minimum absolute atomic E-state index is 0.189. The van der Waals surface area contributed by atoms with Gasteiger partial charge in [-0.2, -0.15) is 0 Å². The molecule has 0 fully saturated rings. The summed E-state index contributed by atoms with van der Waals surface area (Å²) in [6.45, 7) is 4.52. The lowest BCUT2D eigenvalue weighted by atomic mass is 9.95. The number of likely N-dealkylation sites (N-methyl/N-ethyl adjacent to an activating group) is 1. The van der Waals surface area contributed by atoms with Gasteiger partial charge in [-0.05, 0) is 31.2 Å². The Morgan fingerprint density at radius 3 is 3.10 bits per heavy atom. The molecule has 0 saturated heterocycles. The maximum Gasteiger partial charge on any atom is 0.244 e. The number of rotatable bonds is 3. The van der Waals surface area contributed by atoms with E-state index in [9.17, 15) is 4.79 Å². The first-order chi connectivity index (χ1) is 10.2. The van der Waals surface area contributed by atoms with Crippen LogP contribution >= 0.6 is 0 Å². The SMILES string of the molecule is C=CC(=O)N[C@H]1c2c(cc3c(c2OC)OCO3)CCN1C. The molecule has 0 bridgehead atoms. The van der Waals surface area contributed by atoms with Gasteiger partial charge < -0.3 is 19.5 Å². The monoisotopic (exact) mass is 290 g/mol. The Hall–Kier alpha value is -2.21. The van der Waals surface area contributed by atoms with Gasteiger partial charge >= 0.3 is 0 Å². The molecule has 1 amide bonds. The number of carbonyl (C=O) groups is 1. The molecule has 0 unspecified atom stereocenters. The fourth-order valence-corrected chi connectivity index (χ4v) is 2.81. The number of nitrogens with one attached hydrogen (secondary N) is 1. The predicted molar refractivity (Wildman–Crippen MR) is 76.5 cm³/mol. The molecule has 21 heavy (non-hydrogen) atoms. The molecule has 0 aromatic heterocycles. The minimum atomic E-state index is -0.274. The Morgan fingerprint density at radius 2 is 2.38 bits per heavy atom. The number of fused-ring (bicyclic) bond motifs is 2. The van der Waals surface area contributed by atoms with Crippen LogP contribution in [0.3, 0.4) is 0 Å². The zero-order chi connectivity index (χ0) is 15.0. The van der Waals surface area contributed by atoms with E-state index in [1.807, 2.05) is 13.1 Å². The summed E-state index contributed by atoms with van der Waals surface area (Å²) in [7, 11) is 3.56. The Bertz CT molecular complexity index is 600. The zero-order valence-corrected chi connectivity index (χ0v) is 12.1. The number of hydrogen-bond acceptors (Lipinski definition) is 5. The van der Waals surface area contributed by atoms with Crippen molar-refractivity contribution in [1.82, 2.24) is 10.2 Å². The highest BCUT2D eigenvalue weighted by molar-refractivity contribution is 5.87. The normalized spacial score (nSPS) is 19.8. The van der Waals surface area contributed by atoms with E-state index in [4.69, 9.17) is 14.2 Å². The molecule has 3 rings (SSSR count). The van der Waals surface area contributed by atoms with Crippen molar-refractivity contribution in [3.05, 3.63) is 29.8 Å². The van der Waals surface area contributed by atoms with E-state index in [2.05, 4.69) is 16.8 Å². The van der Waals surface area contributed by atoms with Crippen molar-refractivity contribution in [2.75, 3.05) is 27.5 Å². The largest absolute Gasteiger partial charge is 0.492 e. The summed E-state index contributed by atoms with van der Waals surface area (Å²) < 4.78 is 16.5. The minimum Gasteiger partial charge on any atom is -0.492 e. The smallest absolute Gasteiger partial charge is 0.244 e. The summed E-state index contributed by atoms with van der Waals surface area (Å²) in [6, 6.07) is 1.97. The van der Waals surface area contributed by atoms with Crippen molar-refractivity contribution in [3.8, 4) is 17.2 Å². The summed E-state index contributed by atoms with van der Waals surface area (Å²) in [6.07, 6.45) is 1.85. The first-order valence-electron chi connectivity index (χ1n) is 6.78. The number of ether oxygens (including phenoxy) is 3. The Balaban J connectivity index is 2.11. The molecule has 2 aliphatic rings. The Morgan fingerprint density at radius 1 is 1.57 bits per heavy atom. The standard InChI is InChI=1S/C15H18N2O4/c1-4-11(18)16-15-12-9(5-6-17(15)2)7-10-13(14(12)19-3)21-8-20-10/h4,7,15H,1,5-6,8H2,2-3H3,(H,16,18)/t15-/m1/s1. The molecule has 1 atom stereocenters. The van der Waals surface area contributed by atoms with Gasteiger partial charge in [0, 0.05) is 12.1 Å². The molecule has 0 aliphatic carbocycles. The molecular weight excluding hydrogens is 272 g/mol. The lowest BCUT2D eigenvalue weighted by Gasteiger charge is -2.35. The van der Waals surface area contributed by atoms with Gasteiger partial charge in [0.2, 0.25) is 18.4 Å². The molecule has 1 aromatic carbocycles. The highest BCUT2D eigenvalue weighted by Gasteiger charge is 2.34. The van der Waals surface area contributed by atoms with Crippen molar-refractivity contribution in [2.45, 2.75) is 12.6 Å². The van der Waals surface area contributed by atoms with Crippen molar-refractivity contribution in [3.63, 3.8) is 0 Å². The first kappa shape index (κ1) is 13.8. The molecule has 2 aliphatic heterocycles. The fourth-order valence-electron chi connectivity index (χ4n) is 2.81. The molecule has 2 heterocycles. The maximum atomic E-state index is 11.7. The van der Waals surface area contributed by atoms with Gasteiger partial charge in [-0.15, -0.1) is 0 Å². The molecule has 6 nitrogen and oxygen atoms in total. The highest BCUT2D eigenvalue weighted by Crippen LogP contribution is 2.48. The van der Waals surface area contributed by atoms with E-state index in [1.54, 1.807) is 7.11 Å². The van der Waals surface area contributed by atoms with E-state index >= 15 is 0 Å². The average Bonchev–Trinajstić information content (AvgIpc) is 2.95. The number of amides is 1. The second-order valence-electron chi connectivity index (χ2n) is 5.06. The molecule has 0 saturated carbocycles. The Kier molecular flexibility index (Phi) is 3.47. The van der Waals surface area contributed by atoms with Crippen molar-refractivity contribution < 1.29 is 19.0 Å². The van der Waals surface area contributed by atoms with Gasteiger partial charge in [0.15, 0.2) is 11.5 Å². The van der Waals surface area contributed by atoms with Gasteiger partial charge in [0.1, 0.15) is 6.17 Å². The van der Waals surface area contributed by atoms with Crippen LogP contribution in [0.2, 0.25) is 0 Å². The molecule has 6 heteroatoms. The summed E-state index contributed by atoms with van der Waals surface area (Å²) in [5, 5.41) is 2.93. The van der Waals surface area contributed by atoms with Crippen molar-refractivity contribution in [1.29, 1.82) is 0 Å². The number of nitrogens with zero attached hydrogens (tertiary/aromatic N) is 1. The lowest BCUT2D eigenvalue weighted by molar-refractivity contribution is -0.118. The summed E-state index contributed by atoms with van der Waals surface area (Å²) in [5.74, 6) is 1.70. The topological polar surface area (TPSA) is 60.0 Å². The van der Waals surface area contributed by atoms with Crippen LogP contribution in [0.1, 0.15) is 17.3 Å². The summed E-state index contributed by atoms with van der Waals surface area (Å²) in [5.41, 5.74) is 2.02. The van der Waals surface area contributed by atoms with E-state index in [0.717, 1.165) is 24.1 Å². The highest BCUT2D eigenvalue weighted by atomic mass is 16.7. The third-order valence-electron chi connectivity index (χ3n) is 3.86. The van der Waals surface area contributed by atoms with Crippen molar-refractivity contribution >= 4 is 5.91 Å². The van der Waals surface area contributed by atoms with E-state index in [1.165, 1.54) is 6.08 Å². The number of methoxy groups -OCH3 is 1.